The molecule has 0 heterocycles. The number of hydrogen-bond donors (Lipinski definition) is 1. The van der Waals surface area contributed by atoms with Gasteiger partial charge < -0.3 is 13.9 Å². The van der Waals surface area contributed by atoms with Gasteiger partial charge in [0.1, 0.15) is 13.2 Å². The van der Waals surface area contributed by atoms with Crippen molar-refractivity contribution in [2.45, 2.75) is 116 Å². The maximum Gasteiger partial charge on any atom is 0.331 e. The molecule has 4 nitrogen and oxygen atoms in total. The van der Waals surface area contributed by atoms with E-state index in [9.17, 15) is 9.46 Å². The first-order valence-electron chi connectivity index (χ1n) is 12.0. The number of rotatable bonds is 20. The van der Waals surface area contributed by atoms with E-state index in [0.29, 0.717) is 6.61 Å². The summed E-state index contributed by atoms with van der Waals surface area (Å²) in [6.07, 6.45) is 18.8. The minimum absolute atomic E-state index is 0.201. The summed E-state index contributed by atoms with van der Waals surface area (Å²) in [6.45, 7) is 5.37. The van der Waals surface area contributed by atoms with E-state index in [1.165, 1.54) is 77.0 Å². The van der Waals surface area contributed by atoms with Gasteiger partial charge in [-0.3, -0.25) is 4.57 Å². The minimum Gasteiger partial charge on any atom is -0.329 e. The normalized spacial score (nSPS) is 15.5. The maximum absolute atomic E-state index is 12.5. The summed E-state index contributed by atoms with van der Waals surface area (Å²) in [7, 11) is 2.71. The molecule has 0 aliphatic rings. The number of unbranched alkanes of at least 4 members (excludes halogenated alkanes) is 12. The van der Waals surface area contributed by atoms with E-state index in [1.54, 1.807) is 0 Å². The lowest BCUT2D eigenvalue weighted by molar-refractivity contribution is -0.870. The van der Waals surface area contributed by atoms with Gasteiger partial charge in [0, 0.05) is 0 Å². The van der Waals surface area contributed by atoms with Crippen LogP contribution in [0.25, 0.3) is 0 Å². The molecule has 0 aromatic carbocycles. The van der Waals surface area contributed by atoms with Crippen LogP contribution in [0, 0.1) is 0 Å². The molecule has 5 heteroatoms. The van der Waals surface area contributed by atoms with E-state index in [-0.39, 0.29) is 5.66 Å². The van der Waals surface area contributed by atoms with Crippen molar-refractivity contribution >= 4 is 7.60 Å². The Labute approximate surface area is 176 Å². The second-order valence-corrected chi connectivity index (χ2v) is 11.6. The number of hydrogen-bond acceptors (Lipinski definition) is 2. The zero-order chi connectivity index (χ0) is 21.3. The fourth-order valence-corrected chi connectivity index (χ4v) is 5.07. The average Bonchev–Trinajstić information content (AvgIpc) is 2.60. The molecule has 0 aromatic heterocycles. The number of nitrogens with zero attached hydrogens (tertiary/aromatic N) is 1. The van der Waals surface area contributed by atoms with Crippen molar-refractivity contribution in [3.05, 3.63) is 0 Å². The molecule has 28 heavy (non-hydrogen) atoms. The fourth-order valence-electron chi connectivity index (χ4n) is 3.55. The van der Waals surface area contributed by atoms with Gasteiger partial charge in [-0.1, -0.05) is 97.3 Å². The molecule has 0 rings (SSSR count). The maximum atomic E-state index is 12.5. The molecule has 1 N–H and O–H groups in total. The molecule has 0 aliphatic heterocycles. The Morgan fingerprint density at radius 3 is 1.61 bits per heavy atom. The van der Waals surface area contributed by atoms with Crippen LogP contribution in [-0.2, 0) is 9.09 Å². The van der Waals surface area contributed by atoms with Crippen LogP contribution in [0.2, 0.25) is 0 Å². The van der Waals surface area contributed by atoms with Gasteiger partial charge in [-0.15, -0.1) is 0 Å². The smallest absolute Gasteiger partial charge is 0.329 e. The molecule has 0 amide bonds. The van der Waals surface area contributed by atoms with Crippen molar-refractivity contribution in [1.29, 1.82) is 0 Å². The van der Waals surface area contributed by atoms with E-state index < -0.39 is 7.60 Å². The Hall–Kier alpha value is 0.110. The van der Waals surface area contributed by atoms with E-state index in [1.807, 2.05) is 6.92 Å². The van der Waals surface area contributed by atoms with E-state index in [2.05, 4.69) is 28.1 Å². The van der Waals surface area contributed by atoms with Crippen molar-refractivity contribution in [3.63, 3.8) is 0 Å². The zero-order valence-corrected chi connectivity index (χ0v) is 20.7. The molecule has 170 valence electrons. The highest BCUT2D eigenvalue weighted by Gasteiger charge is 2.30. The Kier molecular flexibility index (Phi) is 16.9. The molecule has 0 aromatic rings. The minimum atomic E-state index is -3.48. The summed E-state index contributed by atoms with van der Waals surface area (Å²) in [5, 5.41) is 0. The van der Waals surface area contributed by atoms with Crippen LogP contribution in [-0.4, -0.2) is 49.3 Å². The number of quaternary nitrogens is 1. The molecule has 0 saturated heterocycles. The largest absolute Gasteiger partial charge is 0.331 e. The van der Waals surface area contributed by atoms with Crippen LogP contribution >= 0.6 is 7.60 Å². The zero-order valence-electron chi connectivity index (χ0n) is 19.8. The monoisotopic (exact) mass is 420 g/mol. The summed E-state index contributed by atoms with van der Waals surface area (Å²) in [5.41, 5.74) is -0.201. The van der Waals surface area contributed by atoms with E-state index >= 15 is 0 Å². The first kappa shape index (κ1) is 28.1. The van der Waals surface area contributed by atoms with Crippen LogP contribution in [0.4, 0.5) is 0 Å². The Bertz CT molecular complexity index is 396. The summed E-state index contributed by atoms with van der Waals surface area (Å²) in [5.74, 6) is 0. The van der Waals surface area contributed by atoms with Crippen molar-refractivity contribution in [2.75, 3.05) is 34.3 Å². The molecule has 0 fully saturated rings. The van der Waals surface area contributed by atoms with Gasteiger partial charge in [0.15, 0.2) is 0 Å². The SMILES string of the molecule is CCCCCCCCCCCCCCCC(CC)P(=O)(O)OCC[N+](C)(C)C. The summed E-state index contributed by atoms with van der Waals surface area (Å²) < 4.78 is 18.7. The standard InChI is InChI=1S/C23H50NO3P/c1-6-8-9-10-11-12-13-14-15-16-17-18-19-20-23(7-2)28(25,26)27-22-21-24(3,4)5/h23H,6-22H2,1-5H3/p+1. The van der Waals surface area contributed by atoms with Crippen molar-refractivity contribution in [3.8, 4) is 0 Å². The highest BCUT2D eigenvalue weighted by molar-refractivity contribution is 7.53. The van der Waals surface area contributed by atoms with Crippen LogP contribution in [0.3, 0.4) is 0 Å². The highest BCUT2D eigenvalue weighted by Crippen LogP contribution is 2.50. The van der Waals surface area contributed by atoms with Gasteiger partial charge in [-0.25, -0.2) is 0 Å². The fraction of sp³-hybridized carbons (Fsp3) is 1.00. The van der Waals surface area contributed by atoms with Crippen LogP contribution in [0.5, 0.6) is 0 Å². The second-order valence-electron chi connectivity index (χ2n) is 9.50. The molecular formula is C23H51NO3P+. The first-order valence-corrected chi connectivity index (χ1v) is 13.6. The molecule has 2 atom stereocenters. The predicted molar refractivity (Wildman–Crippen MR) is 123 cm³/mol. The third kappa shape index (κ3) is 17.0. The van der Waals surface area contributed by atoms with Crippen LogP contribution in [0.1, 0.15) is 110 Å². The van der Waals surface area contributed by atoms with Gasteiger partial charge in [-0.2, -0.15) is 0 Å². The van der Waals surface area contributed by atoms with Gasteiger partial charge >= 0.3 is 7.60 Å². The molecule has 0 saturated carbocycles. The van der Waals surface area contributed by atoms with Crippen molar-refractivity contribution in [1.82, 2.24) is 0 Å². The lowest BCUT2D eigenvalue weighted by Crippen LogP contribution is -2.37. The molecule has 0 radical (unpaired) electrons. The Balaban J connectivity index is 3.67. The van der Waals surface area contributed by atoms with E-state index in [0.717, 1.165) is 30.3 Å². The van der Waals surface area contributed by atoms with Crippen molar-refractivity contribution < 1.29 is 18.5 Å². The first-order chi connectivity index (χ1) is 13.2. The Morgan fingerprint density at radius 2 is 1.21 bits per heavy atom. The van der Waals surface area contributed by atoms with Gasteiger partial charge in [-0.05, 0) is 12.8 Å². The quantitative estimate of drug-likeness (QED) is 0.129. The summed E-state index contributed by atoms with van der Waals surface area (Å²) in [6, 6.07) is 0. The number of likely N-dealkylation sites (N-methyl/N-ethyl adjacent to an activating group) is 1. The van der Waals surface area contributed by atoms with Crippen molar-refractivity contribution in [2.24, 2.45) is 0 Å². The van der Waals surface area contributed by atoms with Gasteiger partial charge in [0.2, 0.25) is 0 Å². The summed E-state index contributed by atoms with van der Waals surface area (Å²) >= 11 is 0. The predicted octanol–water partition coefficient (Wildman–Crippen LogP) is 7.15. The van der Waals surface area contributed by atoms with Gasteiger partial charge in [0.25, 0.3) is 0 Å². The molecule has 0 bridgehead atoms. The lowest BCUT2D eigenvalue weighted by atomic mass is 10.0. The van der Waals surface area contributed by atoms with Crippen LogP contribution in [0.15, 0.2) is 0 Å². The molecule has 2 unspecified atom stereocenters. The molecular weight excluding hydrogens is 369 g/mol. The third-order valence-electron chi connectivity index (χ3n) is 5.61. The third-order valence-corrected chi connectivity index (χ3v) is 7.71. The topological polar surface area (TPSA) is 46.5 Å². The van der Waals surface area contributed by atoms with Gasteiger partial charge in [0.05, 0.1) is 26.8 Å². The average molecular weight is 421 g/mol. The highest BCUT2D eigenvalue weighted by atomic mass is 31.2. The Morgan fingerprint density at radius 1 is 0.786 bits per heavy atom. The van der Waals surface area contributed by atoms with Crippen LogP contribution < -0.4 is 0 Å². The molecule has 0 aliphatic carbocycles. The van der Waals surface area contributed by atoms with E-state index in [4.69, 9.17) is 4.52 Å². The lowest BCUT2D eigenvalue weighted by Gasteiger charge is -2.26. The molecule has 0 spiro atoms. The summed E-state index contributed by atoms with van der Waals surface area (Å²) in [4.78, 5) is 10.3. The second kappa shape index (κ2) is 16.9.